The summed E-state index contributed by atoms with van der Waals surface area (Å²) in [5, 5.41) is 10.9. The smallest absolute Gasteiger partial charge is 0.271 e. The molecular weight excluding hydrogens is 305 g/mol. The van der Waals surface area contributed by atoms with Gasteiger partial charge in [0, 0.05) is 12.1 Å². The highest BCUT2D eigenvalue weighted by molar-refractivity contribution is 5.92. The molecule has 0 aliphatic heterocycles. The number of amides is 1. The van der Waals surface area contributed by atoms with Crippen LogP contribution in [0.3, 0.4) is 0 Å². The lowest BCUT2D eigenvalue weighted by Crippen LogP contribution is -2.26. The Morgan fingerprint density at radius 2 is 1.67 bits per heavy atom. The van der Waals surface area contributed by atoms with Crippen LogP contribution in [0.4, 0.5) is 4.39 Å². The molecule has 3 rings (SSSR count). The van der Waals surface area contributed by atoms with Gasteiger partial charge in [-0.05, 0) is 36.2 Å². The molecule has 3 aromatic rings. The Labute approximate surface area is 139 Å². The van der Waals surface area contributed by atoms with Gasteiger partial charge in [0.05, 0.1) is 5.69 Å². The molecule has 4 nitrogen and oxygen atoms in total. The van der Waals surface area contributed by atoms with E-state index in [4.69, 9.17) is 0 Å². The van der Waals surface area contributed by atoms with Crippen LogP contribution in [0.5, 0.6) is 0 Å². The molecule has 0 bridgehead atoms. The van der Waals surface area contributed by atoms with Crippen molar-refractivity contribution in [2.75, 3.05) is 6.54 Å². The van der Waals surface area contributed by atoms with Gasteiger partial charge >= 0.3 is 0 Å². The summed E-state index contributed by atoms with van der Waals surface area (Å²) in [7, 11) is 0. The summed E-state index contributed by atoms with van der Waals surface area (Å²) in [4.78, 5) is 12.1. The van der Waals surface area contributed by atoms with E-state index in [1.165, 1.54) is 12.1 Å². The number of nitrogens with one attached hydrogen (secondary N) is 1. The first kappa shape index (κ1) is 15.8. The van der Waals surface area contributed by atoms with E-state index in [1.54, 1.807) is 24.3 Å². The zero-order chi connectivity index (χ0) is 16.8. The quantitative estimate of drug-likeness (QED) is 0.785. The molecule has 1 heterocycles. The largest absolute Gasteiger partial charge is 0.350 e. The van der Waals surface area contributed by atoms with Crippen molar-refractivity contribution in [3.05, 3.63) is 83.8 Å². The molecule has 24 heavy (non-hydrogen) atoms. The first-order valence-corrected chi connectivity index (χ1v) is 7.64. The van der Waals surface area contributed by atoms with E-state index >= 15 is 0 Å². The molecule has 1 aromatic heterocycles. The molecule has 0 aliphatic rings. The van der Waals surface area contributed by atoms with Gasteiger partial charge in [0.15, 0.2) is 5.69 Å². The van der Waals surface area contributed by atoms with Crippen LogP contribution in [0.2, 0.25) is 0 Å². The van der Waals surface area contributed by atoms with Gasteiger partial charge in [-0.3, -0.25) is 4.79 Å². The molecule has 1 N–H and O–H groups in total. The number of aromatic nitrogens is 2. The summed E-state index contributed by atoms with van der Waals surface area (Å²) in [5.74, 6) is -0.541. The molecule has 0 radical (unpaired) electrons. The van der Waals surface area contributed by atoms with Crippen LogP contribution in [0, 0.1) is 5.82 Å². The maximum absolute atomic E-state index is 12.8. The van der Waals surface area contributed by atoms with Gasteiger partial charge in [0.1, 0.15) is 5.82 Å². The topological polar surface area (TPSA) is 54.9 Å². The van der Waals surface area contributed by atoms with Crippen LogP contribution in [0.15, 0.2) is 66.7 Å². The van der Waals surface area contributed by atoms with Crippen molar-refractivity contribution in [2.24, 2.45) is 0 Å². The van der Waals surface area contributed by atoms with Gasteiger partial charge in [-0.25, -0.2) is 4.39 Å². The van der Waals surface area contributed by atoms with Crippen molar-refractivity contribution >= 4 is 5.91 Å². The van der Waals surface area contributed by atoms with Gasteiger partial charge < -0.3 is 5.32 Å². The third-order valence-corrected chi connectivity index (χ3v) is 3.58. The number of hydrogen-bond acceptors (Lipinski definition) is 3. The molecule has 1 amide bonds. The van der Waals surface area contributed by atoms with E-state index in [0.717, 1.165) is 16.8 Å². The predicted octanol–water partition coefficient (Wildman–Crippen LogP) is 3.26. The first-order valence-electron chi connectivity index (χ1n) is 7.64. The van der Waals surface area contributed by atoms with Gasteiger partial charge in [0.2, 0.25) is 0 Å². The van der Waals surface area contributed by atoms with Crippen molar-refractivity contribution in [2.45, 2.75) is 6.42 Å². The minimum absolute atomic E-state index is 0.267. The summed E-state index contributed by atoms with van der Waals surface area (Å²) in [6.45, 7) is 0.451. The fraction of sp³-hybridized carbons (Fsp3) is 0.105. The van der Waals surface area contributed by atoms with Crippen molar-refractivity contribution < 1.29 is 9.18 Å². The average molecular weight is 321 g/mol. The zero-order valence-corrected chi connectivity index (χ0v) is 12.9. The number of carbonyl (C=O) groups excluding carboxylic acids is 1. The second kappa shape index (κ2) is 7.46. The number of nitrogens with zero attached hydrogens (tertiary/aromatic N) is 2. The first-order chi connectivity index (χ1) is 11.7. The Balaban J connectivity index is 1.56. The normalized spacial score (nSPS) is 10.4. The lowest BCUT2D eigenvalue weighted by atomic mass is 10.1. The highest BCUT2D eigenvalue weighted by Gasteiger charge is 2.08. The highest BCUT2D eigenvalue weighted by atomic mass is 19.1. The molecule has 0 spiro atoms. The van der Waals surface area contributed by atoms with E-state index in [2.05, 4.69) is 15.5 Å². The molecule has 0 saturated heterocycles. The fourth-order valence-corrected chi connectivity index (χ4v) is 2.28. The van der Waals surface area contributed by atoms with E-state index in [1.807, 2.05) is 30.3 Å². The molecule has 0 atom stereocenters. The van der Waals surface area contributed by atoms with E-state index in [9.17, 15) is 9.18 Å². The second-order valence-electron chi connectivity index (χ2n) is 5.30. The maximum atomic E-state index is 12.8. The average Bonchev–Trinajstić information content (AvgIpc) is 2.64. The molecular formula is C19H16FN3O. The molecule has 5 heteroatoms. The summed E-state index contributed by atoms with van der Waals surface area (Å²) < 4.78 is 12.8. The SMILES string of the molecule is O=C(NCCc1ccc(F)cc1)c1ccc(-c2ccccc2)nn1. The lowest BCUT2D eigenvalue weighted by Gasteiger charge is -2.05. The van der Waals surface area contributed by atoms with Gasteiger partial charge in [-0.1, -0.05) is 42.5 Å². The zero-order valence-electron chi connectivity index (χ0n) is 12.9. The van der Waals surface area contributed by atoms with Gasteiger partial charge in [-0.15, -0.1) is 10.2 Å². The van der Waals surface area contributed by atoms with Crippen LogP contribution in [0.25, 0.3) is 11.3 Å². The minimum Gasteiger partial charge on any atom is -0.350 e. The molecule has 120 valence electrons. The number of rotatable bonds is 5. The van der Waals surface area contributed by atoms with Crippen LogP contribution in [-0.4, -0.2) is 22.6 Å². The summed E-state index contributed by atoms with van der Waals surface area (Å²) in [5.41, 5.74) is 2.91. The molecule has 0 saturated carbocycles. The van der Waals surface area contributed by atoms with Gasteiger partial charge in [-0.2, -0.15) is 0 Å². The number of benzene rings is 2. The monoisotopic (exact) mass is 321 g/mol. The van der Waals surface area contributed by atoms with Crippen molar-refractivity contribution in [1.82, 2.24) is 15.5 Å². The Hall–Kier alpha value is -3.08. The Morgan fingerprint density at radius 3 is 2.33 bits per heavy atom. The fourth-order valence-electron chi connectivity index (χ4n) is 2.28. The summed E-state index contributed by atoms with van der Waals surface area (Å²) in [6.07, 6.45) is 0.627. The van der Waals surface area contributed by atoms with Crippen LogP contribution < -0.4 is 5.32 Å². The van der Waals surface area contributed by atoms with Crippen LogP contribution in [-0.2, 0) is 6.42 Å². The summed E-state index contributed by atoms with van der Waals surface area (Å²) in [6, 6.07) is 19.3. The third kappa shape index (κ3) is 4.01. The lowest BCUT2D eigenvalue weighted by molar-refractivity contribution is 0.0948. The molecule has 0 fully saturated rings. The van der Waals surface area contributed by atoms with Crippen LogP contribution >= 0.6 is 0 Å². The second-order valence-corrected chi connectivity index (χ2v) is 5.30. The van der Waals surface area contributed by atoms with E-state index in [0.29, 0.717) is 13.0 Å². The highest BCUT2D eigenvalue weighted by Crippen LogP contribution is 2.14. The minimum atomic E-state index is -0.274. The van der Waals surface area contributed by atoms with E-state index < -0.39 is 0 Å². The van der Waals surface area contributed by atoms with Crippen molar-refractivity contribution in [1.29, 1.82) is 0 Å². The third-order valence-electron chi connectivity index (χ3n) is 3.58. The number of halogens is 1. The van der Waals surface area contributed by atoms with E-state index in [-0.39, 0.29) is 17.4 Å². The molecule has 2 aromatic carbocycles. The van der Waals surface area contributed by atoms with Crippen LogP contribution in [0.1, 0.15) is 16.1 Å². The Bertz CT molecular complexity index is 802. The maximum Gasteiger partial charge on any atom is 0.271 e. The Kier molecular flexibility index (Phi) is 4.91. The predicted molar refractivity (Wildman–Crippen MR) is 89.9 cm³/mol. The van der Waals surface area contributed by atoms with Crippen molar-refractivity contribution in [3.8, 4) is 11.3 Å². The van der Waals surface area contributed by atoms with Crippen molar-refractivity contribution in [3.63, 3.8) is 0 Å². The van der Waals surface area contributed by atoms with Gasteiger partial charge in [0.25, 0.3) is 5.91 Å². The number of hydrogen-bond donors (Lipinski definition) is 1. The Morgan fingerprint density at radius 1 is 0.917 bits per heavy atom. The molecule has 0 unspecified atom stereocenters. The number of carbonyl (C=O) groups is 1. The standard InChI is InChI=1S/C19H16FN3O/c20-16-8-6-14(7-9-16)12-13-21-19(24)18-11-10-17(22-23-18)15-4-2-1-3-5-15/h1-11H,12-13H2,(H,21,24). The summed E-state index contributed by atoms with van der Waals surface area (Å²) >= 11 is 0. The molecule has 0 aliphatic carbocycles.